The van der Waals surface area contributed by atoms with Crippen LogP contribution in [0.4, 0.5) is 0 Å². The quantitative estimate of drug-likeness (QED) is 0.576. The summed E-state index contributed by atoms with van der Waals surface area (Å²) in [6, 6.07) is 8.41. The molecule has 2 aliphatic rings. The molecular formula is C22H30INO4. The number of benzene rings is 1. The monoisotopic (exact) mass is 499 g/mol. The average Bonchev–Trinajstić information content (AvgIpc) is 2.73. The summed E-state index contributed by atoms with van der Waals surface area (Å²) in [4.78, 5) is 15.0. The van der Waals surface area contributed by atoms with Crippen LogP contribution >= 0.6 is 22.6 Å². The highest BCUT2D eigenvalue weighted by Crippen LogP contribution is 2.40. The first-order valence-corrected chi connectivity index (χ1v) is 11.4. The van der Waals surface area contributed by atoms with E-state index < -0.39 is 6.29 Å². The Morgan fingerprint density at radius 3 is 2.61 bits per heavy atom. The van der Waals surface area contributed by atoms with Gasteiger partial charge in [-0.05, 0) is 85.4 Å². The summed E-state index contributed by atoms with van der Waals surface area (Å²) in [7, 11) is 0. The zero-order chi connectivity index (χ0) is 19.9. The lowest BCUT2D eigenvalue weighted by molar-refractivity contribution is -0.170. The van der Waals surface area contributed by atoms with E-state index in [4.69, 9.17) is 9.47 Å². The van der Waals surface area contributed by atoms with Gasteiger partial charge in [0.25, 0.3) is 5.91 Å². The summed E-state index contributed by atoms with van der Waals surface area (Å²) in [5.41, 5.74) is 1.15. The molecule has 3 atom stereocenters. The Labute approximate surface area is 181 Å². The Kier molecular flexibility index (Phi) is 8.17. The fraction of sp³-hybridized carbons (Fsp3) is 0.591. The molecule has 0 spiro atoms. The third kappa shape index (κ3) is 5.27. The second-order valence-electron chi connectivity index (χ2n) is 7.43. The van der Waals surface area contributed by atoms with Crippen molar-refractivity contribution in [2.45, 2.75) is 51.2 Å². The highest BCUT2D eigenvalue weighted by atomic mass is 127. The minimum absolute atomic E-state index is 0.0255. The smallest absolute Gasteiger partial charge is 0.288 e. The summed E-state index contributed by atoms with van der Waals surface area (Å²) >= 11 is 2.30. The lowest BCUT2D eigenvalue weighted by atomic mass is 9.80. The average molecular weight is 499 g/mol. The van der Waals surface area contributed by atoms with Gasteiger partial charge in [0, 0.05) is 41.7 Å². The number of rotatable bonds is 7. The van der Waals surface area contributed by atoms with E-state index in [1.165, 1.54) is 9.99 Å². The van der Waals surface area contributed by atoms with E-state index in [1.54, 1.807) is 0 Å². The number of allylic oxidation sites excluding steroid dienone is 1. The van der Waals surface area contributed by atoms with E-state index in [1.807, 2.05) is 17.9 Å². The van der Waals surface area contributed by atoms with Gasteiger partial charge in [0.1, 0.15) is 0 Å². The Balaban J connectivity index is 1.92. The summed E-state index contributed by atoms with van der Waals surface area (Å²) in [6.45, 7) is 4.18. The number of likely N-dealkylation sites (tertiary alicyclic amines) is 1. The highest BCUT2D eigenvalue weighted by molar-refractivity contribution is 14.1. The van der Waals surface area contributed by atoms with Crippen molar-refractivity contribution in [1.29, 1.82) is 0 Å². The number of amides is 1. The summed E-state index contributed by atoms with van der Waals surface area (Å²) in [5, 5.41) is 9.36. The standard InChI is InChI=1S/C22H30INO4/c1-2-27-22-18(7-6-14-25)19(16-8-10-17(23)11-9-16)15-20(28-22)21(26)24-12-4-3-5-13-24/h8-11,15,18-19,22,25H,2-7,12-14H2,1H3/t18-,19+,22+/m0/s1. The molecular weight excluding hydrogens is 469 g/mol. The maximum absolute atomic E-state index is 13.1. The molecule has 0 bridgehead atoms. The van der Waals surface area contributed by atoms with Crippen LogP contribution in [0.2, 0.25) is 0 Å². The number of hydrogen-bond donors (Lipinski definition) is 1. The van der Waals surface area contributed by atoms with Crippen LogP contribution in [0.15, 0.2) is 36.1 Å². The first-order valence-electron chi connectivity index (χ1n) is 10.3. The maximum atomic E-state index is 13.1. The maximum Gasteiger partial charge on any atom is 0.288 e. The van der Waals surface area contributed by atoms with E-state index >= 15 is 0 Å². The topological polar surface area (TPSA) is 59.0 Å². The van der Waals surface area contributed by atoms with Crippen LogP contribution in [0.5, 0.6) is 0 Å². The predicted octanol–water partition coefficient (Wildman–Crippen LogP) is 4.05. The molecule has 1 saturated heterocycles. The van der Waals surface area contributed by atoms with E-state index in [9.17, 15) is 9.90 Å². The minimum Gasteiger partial charge on any atom is -0.459 e. The Morgan fingerprint density at radius 1 is 1.25 bits per heavy atom. The van der Waals surface area contributed by atoms with E-state index in [2.05, 4.69) is 46.9 Å². The van der Waals surface area contributed by atoms with Gasteiger partial charge in [0.2, 0.25) is 6.29 Å². The van der Waals surface area contributed by atoms with Gasteiger partial charge in [-0.3, -0.25) is 4.79 Å². The van der Waals surface area contributed by atoms with Crippen molar-refractivity contribution in [1.82, 2.24) is 4.90 Å². The third-order valence-electron chi connectivity index (χ3n) is 5.52. The number of hydrogen-bond acceptors (Lipinski definition) is 4. The number of piperidine rings is 1. The molecule has 6 heteroatoms. The van der Waals surface area contributed by atoms with Crippen LogP contribution < -0.4 is 0 Å². The van der Waals surface area contributed by atoms with Gasteiger partial charge in [0.05, 0.1) is 0 Å². The van der Waals surface area contributed by atoms with E-state index in [0.29, 0.717) is 18.8 Å². The van der Waals surface area contributed by atoms with Gasteiger partial charge < -0.3 is 19.5 Å². The molecule has 0 aliphatic carbocycles. The fourth-order valence-electron chi connectivity index (χ4n) is 4.08. The van der Waals surface area contributed by atoms with Gasteiger partial charge in [-0.2, -0.15) is 0 Å². The summed E-state index contributed by atoms with van der Waals surface area (Å²) in [5.74, 6) is 0.465. The van der Waals surface area contributed by atoms with Crippen molar-refractivity contribution in [3.63, 3.8) is 0 Å². The molecule has 1 fully saturated rings. The van der Waals surface area contributed by atoms with E-state index in [-0.39, 0.29) is 24.3 Å². The van der Waals surface area contributed by atoms with Crippen molar-refractivity contribution in [3.05, 3.63) is 45.2 Å². The third-order valence-corrected chi connectivity index (χ3v) is 6.24. The lowest BCUT2D eigenvalue weighted by Crippen LogP contribution is -2.42. The molecule has 3 rings (SSSR count). The van der Waals surface area contributed by atoms with Gasteiger partial charge in [-0.1, -0.05) is 12.1 Å². The summed E-state index contributed by atoms with van der Waals surface area (Å²) in [6.07, 6.45) is 6.24. The van der Waals surface area contributed by atoms with Gasteiger partial charge in [-0.25, -0.2) is 0 Å². The van der Waals surface area contributed by atoms with E-state index in [0.717, 1.165) is 37.9 Å². The highest BCUT2D eigenvalue weighted by Gasteiger charge is 2.38. The molecule has 1 amide bonds. The number of ether oxygens (including phenoxy) is 2. The molecule has 2 aliphatic heterocycles. The second-order valence-corrected chi connectivity index (χ2v) is 8.68. The molecule has 1 N–H and O–H groups in total. The van der Waals surface area contributed by atoms with Crippen LogP contribution in [-0.4, -0.2) is 48.5 Å². The molecule has 154 valence electrons. The first kappa shape index (κ1) is 21.6. The molecule has 28 heavy (non-hydrogen) atoms. The summed E-state index contributed by atoms with van der Waals surface area (Å²) < 4.78 is 13.2. The van der Waals surface area contributed by atoms with Crippen LogP contribution in [0.3, 0.4) is 0 Å². The molecule has 1 aromatic carbocycles. The van der Waals surface area contributed by atoms with Crippen LogP contribution in [-0.2, 0) is 14.3 Å². The molecule has 2 heterocycles. The SMILES string of the molecule is CCO[C@@H]1OC(C(=O)N2CCCCC2)=C[C@H](c2ccc(I)cc2)[C@@H]1CCCO. The number of nitrogens with zero attached hydrogens (tertiary/aromatic N) is 1. The number of aliphatic hydroxyl groups excluding tert-OH is 1. The Bertz CT molecular complexity index is 670. The van der Waals surface area contributed by atoms with Gasteiger partial charge in [0.15, 0.2) is 5.76 Å². The zero-order valence-corrected chi connectivity index (χ0v) is 18.6. The largest absolute Gasteiger partial charge is 0.459 e. The molecule has 1 aromatic rings. The number of carbonyl (C=O) groups is 1. The molecule has 0 unspecified atom stereocenters. The minimum atomic E-state index is -0.477. The van der Waals surface area contributed by atoms with Crippen LogP contribution in [0.25, 0.3) is 0 Å². The number of aliphatic hydroxyl groups is 1. The van der Waals surface area contributed by atoms with Crippen LogP contribution in [0.1, 0.15) is 50.5 Å². The van der Waals surface area contributed by atoms with Crippen LogP contribution in [0, 0.1) is 9.49 Å². The normalized spacial score (nSPS) is 25.2. The van der Waals surface area contributed by atoms with Crippen molar-refractivity contribution in [3.8, 4) is 0 Å². The predicted molar refractivity (Wildman–Crippen MR) is 117 cm³/mol. The number of halogens is 1. The van der Waals surface area contributed by atoms with Crippen molar-refractivity contribution >= 4 is 28.5 Å². The molecule has 0 saturated carbocycles. The van der Waals surface area contributed by atoms with Crippen molar-refractivity contribution in [2.75, 3.05) is 26.3 Å². The Morgan fingerprint density at radius 2 is 1.96 bits per heavy atom. The van der Waals surface area contributed by atoms with Crippen molar-refractivity contribution < 1.29 is 19.4 Å². The molecule has 5 nitrogen and oxygen atoms in total. The number of carbonyl (C=O) groups excluding carboxylic acids is 1. The first-order chi connectivity index (χ1) is 13.6. The lowest BCUT2D eigenvalue weighted by Gasteiger charge is -2.38. The zero-order valence-electron chi connectivity index (χ0n) is 16.5. The fourth-order valence-corrected chi connectivity index (χ4v) is 4.43. The molecule has 0 radical (unpaired) electrons. The van der Waals surface area contributed by atoms with Gasteiger partial charge in [-0.15, -0.1) is 0 Å². The van der Waals surface area contributed by atoms with Crippen molar-refractivity contribution in [2.24, 2.45) is 5.92 Å². The van der Waals surface area contributed by atoms with Gasteiger partial charge >= 0.3 is 0 Å². The molecule has 0 aromatic heterocycles. The Hall–Kier alpha value is -1.12. The second kappa shape index (κ2) is 10.6.